The Balaban J connectivity index is 1.68. The summed E-state index contributed by atoms with van der Waals surface area (Å²) in [5.41, 5.74) is 1.58. The van der Waals surface area contributed by atoms with Crippen LogP contribution in [0, 0.1) is 3.57 Å². The van der Waals surface area contributed by atoms with E-state index >= 15 is 0 Å². The predicted octanol–water partition coefficient (Wildman–Crippen LogP) is 4.64. The first-order valence-corrected chi connectivity index (χ1v) is 12.8. The van der Waals surface area contributed by atoms with Gasteiger partial charge in [-0.2, -0.15) is 0 Å². The van der Waals surface area contributed by atoms with Crippen molar-refractivity contribution in [3.05, 3.63) is 81.9 Å². The Morgan fingerprint density at radius 2 is 1.73 bits per heavy atom. The zero-order chi connectivity index (χ0) is 24.0. The molecule has 33 heavy (non-hydrogen) atoms. The second-order valence-corrected chi connectivity index (χ2v) is 10.2. The number of nitrogens with one attached hydrogen (secondary N) is 2. The number of anilines is 2. The van der Waals surface area contributed by atoms with Crippen molar-refractivity contribution < 1.29 is 17.9 Å². The number of nitrogens with zero attached hydrogens (tertiary/aromatic N) is 1. The van der Waals surface area contributed by atoms with E-state index in [0.29, 0.717) is 29.2 Å². The lowest BCUT2D eigenvalue weighted by atomic mass is 10.2. The van der Waals surface area contributed by atoms with Crippen LogP contribution in [-0.2, 0) is 10.0 Å². The van der Waals surface area contributed by atoms with Crippen LogP contribution in [0.5, 0.6) is 5.75 Å². The first-order valence-electron chi connectivity index (χ1n) is 9.90. The lowest BCUT2D eigenvalue weighted by Crippen LogP contribution is -2.34. The molecule has 0 bridgehead atoms. The molecule has 0 heterocycles. The average Bonchev–Trinajstić information content (AvgIpc) is 2.80. The molecule has 0 aliphatic heterocycles. The fourth-order valence-electron chi connectivity index (χ4n) is 3.07. The van der Waals surface area contributed by atoms with Gasteiger partial charge in [-0.25, -0.2) is 8.42 Å². The highest BCUT2D eigenvalue weighted by atomic mass is 127. The van der Waals surface area contributed by atoms with Gasteiger partial charge in [-0.05, 0) is 96.3 Å². The van der Waals surface area contributed by atoms with E-state index in [1.54, 1.807) is 68.6 Å². The van der Waals surface area contributed by atoms with E-state index < -0.39 is 10.0 Å². The largest absolute Gasteiger partial charge is 0.496 e. The molecule has 0 radical (unpaired) electrons. The maximum Gasteiger partial charge on any atom is 0.264 e. The maximum atomic E-state index is 13.1. The number of thiocarbonyl (C=S) groups is 1. The quantitative estimate of drug-likeness (QED) is 0.306. The Hall–Kier alpha value is -2.70. The van der Waals surface area contributed by atoms with Gasteiger partial charge in [0.2, 0.25) is 0 Å². The predicted molar refractivity (Wildman–Crippen MR) is 142 cm³/mol. The number of sulfonamides is 1. The van der Waals surface area contributed by atoms with Crippen LogP contribution in [0.2, 0.25) is 0 Å². The molecule has 0 spiro atoms. The van der Waals surface area contributed by atoms with Crippen molar-refractivity contribution in [1.82, 2.24) is 5.32 Å². The van der Waals surface area contributed by atoms with Crippen molar-refractivity contribution in [2.45, 2.75) is 11.8 Å². The summed E-state index contributed by atoms with van der Waals surface area (Å²) in [5, 5.41) is 5.61. The lowest BCUT2D eigenvalue weighted by molar-refractivity contribution is 0.0977. The molecule has 1 amide bonds. The molecular weight excluding hydrogens is 573 g/mol. The van der Waals surface area contributed by atoms with Crippen LogP contribution in [0.1, 0.15) is 17.3 Å². The molecule has 0 fully saturated rings. The van der Waals surface area contributed by atoms with Gasteiger partial charge in [-0.15, -0.1) is 0 Å². The molecule has 0 aliphatic carbocycles. The molecule has 0 unspecified atom stereocenters. The topological polar surface area (TPSA) is 87.7 Å². The van der Waals surface area contributed by atoms with Gasteiger partial charge in [-0.3, -0.25) is 14.4 Å². The monoisotopic (exact) mass is 595 g/mol. The molecule has 0 aliphatic rings. The number of ether oxygens (including phenoxy) is 1. The molecule has 10 heteroatoms. The normalized spacial score (nSPS) is 10.9. The van der Waals surface area contributed by atoms with Crippen LogP contribution in [0.3, 0.4) is 0 Å². The van der Waals surface area contributed by atoms with E-state index in [1.165, 1.54) is 16.4 Å². The number of para-hydroxylation sites is 1. The van der Waals surface area contributed by atoms with Gasteiger partial charge < -0.3 is 10.1 Å². The number of methoxy groups -OCH3 is 1. The number of hydrogen-bond donors (Lipinski definition) is 2. The fourth-order valence-corrected chi connectivity index (χ4v) is 5.49. The average molecular weight is 595 g/mol. The number of hydrogen-bond acceptors (Lipinski definition) is 5. The Bertz CT molecular complexity index is 1250. The number of benzene rings is 3. The van der Waals surface area contributed by atoms with Gasteiger partial charge in [-0.1, -0.05) is 18.2 Å². The van der Waals surface area contributed by atoms with Gasteiger partial charge >= 0.3 is 0 Å². The van der Waals surface area contributed by atoms with Crippen molar-refractivity contribution >= 4 is 67.2 Å². The Kier molecular flexibility index (Phi) is 8.27. The third-order valence-electron chi connectivity index (χ3n) is 4.67. The van der Waals surface area contributed by atoms with E-state index in [9.17, 15) is 13.2 Å². The van der Waals surface area contributed by atoms with Gasteiger partial charge in [0.15, 0.2) is 5.11 Å². The molecule has 7 nitrogen and oxygen atoms in total. The SMILES string of the molecule is CCN(c1ccccc1)S(=O)(=O)c1ccc(NC(=S)NC(=O)c2ccc(OC)c(I)c2)cc1. The first-order chi connectivity index (χ1) is 15.8. The summed E-state index contributed by atoms with van der Waals surface area (Å²) in [6.07, 6.45) is 0. The second kappa shape index (κ2) is 10.9. The van der Waals surface area contributed by atoms with Gasteiger partial charge in [0, 0.05) is 17.8 Å². The number of amides is 1. The van der Waals surface area contributed by atoms with Gasteiger partial charge in [0.1, 0.15) is 5.75 Å². The minimum absolute atomic E-state index is 0.0981. The Morgan fingerprint density at radius 3 is 2.30 bits per heavy atom. The van der Waals surface area contributed by atoms with Gasteiger partial charge in [0.25, 0.3) is 15.9 Å². The highest BCUT2D eigenvalue weighted by molar-refractivity contribution is 14.1. The van der Waals surface area contributed by atoms with Crippen molar-refractivity contribution in [2.24, 2.45) is 0 Å². The van der Waals surface area contributed by atoms with E-state index in [0.717, 1.165) is 3.57 Å². The number of rotatable bonds is 7. The fraction of sp³-hybridized carbons (Fsp3) is 0.130. The lowest BCUT2D eigenvalue weighted by Gasteiger charge is -2.23. The molecule has 0 aromatic heterocycles. The number of carbonyl (C=O) groups excluding carboxylic acids is 1. The third-order valence-corrected chi connectivity index (χ3v) is 7.64. The van der Waals surface area contributed by atoms with E-state index in [4.69, 9.17) is 17.0 Å². The van der Waals surface area contributed by atoms with Gasteiger partial charge in [0.05, 0.1) is 21.3 Å². The van der Waals surface area contributed by atoms with Crippen LogP contribution in [0.4, 0.5) is 11.4 Å². The summed E-state index contributed by atoms with van der Waals surface area (Å²) in [6, 6.07) is 20.2. The third kappa shape index (κ3) is 6.01. The van der Waals surface area contributed by atoms with E-state index in [2.05, 4.69) is 33.2 Å². The molecule has 3 aromatic carbocycles. The maximum absolute atomic E-state index is 13.1. The molecule has 0 saturated heterocycles. The standard InChI is InChI=1S/C23H22IN3O4S2/c1-3-27(18-7-5-4-6-8-18)33(29,30)19-12-10-17(11-13-19)25-23(32)26-22(28)16-9-14-21(31-2)20(24)15-16/h4-15H,3H2,1-2H3,(H2,25,26,28,32). The second-order valence-electron chi connectivity index (χ2n) is 6.79. The smallest absolute Gasteiger partial charge is 0.264 e. The van der Waals surface area contributed by atoms with Crippen molar-refractivity contribution in [3.63, 3.8) is 0 Å². The first kappa shape index (κ1) is 24.9. The molecule has 0 atom stereocenters. The zero-order valence-electron chi connectivity index (χ0n) is 17.9. The van der Waals surface area contributed by atoms with E-state index in [-0.39, 0.29) is 15.9 Å². The number of carbonyl (C=O) groups is 1. The minimum Gasteiger partial charge on any atom is -0.496 e. The molecular formula is C23H22IN3O4S2. The van der Waals surface area contributed by atoms with Crippen LogP contribution in [-0.4, -0.2) is 33.1 Å². The molecule has 0 saturated carbocycles. The Morgan fingerprint density at radius 1 is 1.06 bits per heavy atom. The molecule has 2 N–H and O–H groups in total. The summed E-state index contributed by atoms with van der Waals surface area (Å²) < 4.78 is 33.5. The van der Waals surface area contributed by atoms with Crippen LogP contribution < -0.4 is 19.7 Å². The minimum atomic E-state index is -3.72. The van der Waals surface area contributed by atoms with Crippen LogP contribution in [0.25, 0.3) is 0 Å². The zero-order valence-corrected chi connectivity index (χ0v) is 21.7. The van der Waals surface area contributed by atoms with E-state index in [1.807, 2.05) is 6.07 Å². The Labute approximate surface area is 212 Å². The summed E-state index contributed by atoms with van der Waals surface area (Å²) in [5.74, 6) is 0.311. The molecule has 3 rings (SSSR count). The van der Waals surface area contributed by atoms with Crippen LogP contribution in [0.15, 0.2) is 77.7 Å². The molecule has 172 valence electrons. The summed E-state index contributed by atoms with van der Waals surface area (Å²) >= 11 is 7.31. The summed E-state index contributed by atoms with van der Waals surface area (Å²) in [7, 11) is -2.16. The van der Waals surface area contributed by atoms with Crippen LogP contribution >= 0.6 is 34.8 Å². The molecule has 3 aromatic rings. The van der Waals surface area contributed by atoms with Crippen molar-refractivity contribution in [1.29, 1.82) is 0 Å². The van der Waals surface area contributed by atoms with Crippen molar-refractivity contribution in [2.75, 3.05) is 23.3 Å². The number of halogens is 1. The highest BCUT2D eigenvalue weighted by Crippen LogP contribution is 2.24. The van der Waals surface area contributed by atoms with Crippen molar-refractivity contribution in [3.8, 4) is 5.75 Å². The summed E-state index contributed by atoms with van der Waals surface area (Å²) in [6.45, 7) is 2.08. The summed E-state index contributed by atoms with van der Waals surface area (Å²) in [4.78, 5) is 12.6. The highest BCUT2D eigenvalue weighted by Gasteiger charge is 2.23.